The maximum absolute atomic E-state index is 10.1. The van der Waals surface area contributed by atoms with Crippen LogP contribution in [-0.2, 0) is 4.74 Å². The van der Waals surface area contributed by atoms with Crippen molar-refractivity contribution >= 4 is 0 Å². The summed E-state index contributed by atoms with van der Waals surface area (Å²) in [6.45, 7) is 6.09. The van der Waals surface area contributed by atoms with Crippen LogP contribution in [0.4, 0.5) is 0 Å². The quantitative estimate of drug-likeness (QED) is 0.540. The molecule has 3 unspecified atom stereocenters. The summed E-state index contributed by atoms with van der Waals surface area (Å²) in [5.41, 5.74) is 2.69. The van der Waals surface area contributed by atoms with Crippen LogP contribution in [-0.4, -0.2) is 23.4 Å². The third-order valence-corrected chi connectivity index (χ3v) is 8.86. The molecule has 1 saturated heterocycles. The van der Waals surface area contributed by atoms with Gasteiger partial charge >= 0.3 is 0 Å². The molecule has 5 aliphatic rings. The number of aliphatic hydroxyl groups excluding tert-OH is 1. The average molecular weight is 302 g/mol. The standard InChI is InChI=1S/C20H30O2/c1-18-8-5-14(21)11-13(18)3-4-15-16(18)6-9-19(2)17(15)7-10-20(19)12-22-20/h3,14-17,21H,4-12H2,1-2H3/t14-,15?,16?,17?,18-,19-,20-/m0/s1. The van der Waals surface area contributed by atoms with E-state index in [1.165, 1.54) is 38.5 Å². The molecule has 0 bridgehead atoms. The van der Waals surface area contributed by atoms with Gasteiger partial charge in [0.1, 0.15) is 0 Å². The van der Waals surface area contributed by atoms with E-state index in [9.17, 15) is 5.11 Å². The Labute approximate surface area is 134 Å². The first-order valence-electron chi connectivity index (χ1n) is 9.50. The van der Waals surface area contributed by atoms with Crippen molar-refractivity contribution in [2.45, 2.75) is 76.9 Å². The molecule has 1 spiro atoms. The van der Waals surface area contributed by atoms with Crippen LogP contribution in [0.1, 0.15) is 65.2 Å². The normalized spacial score (nSPS) is 59.5. The minimum atomic E-state index is -0.0839. The van der Waals surface area contributed by atoms with Gasteiger partial charge in [-0.1, -0.05) is 25.5 Å². The van der Waals surface area contributed by atoms with Gasteiger partial charge in [0.2, 0.25) is 0 Å². The molecule has 3 saturated carbocycles. The van der Waals surface area contributed by atoms with Gasteiger partial charge in [0, 0.05) is 5.41 Å². The highest BCUT2D eigenvalue weighted by Gasteiger charge is 2.69. The first-order chi connectivity index (χ1) is 10.5. The van der Waals surface area contributed by atoms with Crippen LogP contribution in [0.2, 0.25) is 0 Å². The van der Waals surface area contributed by atoms with Crippen molar-refractivity contribution < 1.29 is 9.84 Å². The molecule has 0 aromatic heterocycles. The Morgan fingerprint density at radius 1 is 1.09 bits per heavy atom. The zero-order chi connectivity index (χ0) is 15.2. The number of hydrogen-bond donors (Lipinski definition) is 1. The van der Waals surface area contributed by atoms with Crippen molar-refractivity contribution in [3.05, 3.63) is 11.6 Å². The van der Waals surface area contributed by atoms with E-state index in [4.69, 9.17) is 4.74 Å². The highest BCUT2D eigenvalue weighted by Crippen LogP contribution is 2.70. The van der Waals surface area contributed by atoms with E-state index < -0.39 is 0 Å². The molecule has 4 fully saturated rings. The van der Waals surface area contributed by atoms with Crippen molar-refractivity contribution in [2.75, 3.05) is 6.61 Å². The minimum absolute atomic E-state index is 0.0839. The topological polar surface area (TPSA) is 32.8 Å². The third-order valence-electron chi connectivity index (χ3n) is 8.86. The molecular weight excluding hydrogens is 272 g/mol. The van der Waals surface area contributed by atoms with E-state index in [1.807, 2.05) is 0 Å². The highest BCUT2D eigenvalue weighted by molar-refractivity contribution is 5.27. The zero-order valence-electron chi connectivity index (χ0n) is 14.1. The molecule has 0 amide bonds. The molecule has 1 N–H and O–H groups in total. The van der Waals surface area contributed by atoms with Crippen LogP contribution >= 0.6 is 0 Å². The molecule has 5 rings (SSSR count). The van der Waals surface area contributed by atoms with Gasteiger partial charge in [0.05, 0.1) is 18.3 Å². The Morgan fingerprint density at radius 3 is 2.64 bits per heavy atom. The molecule has 2 heteroatoms. The van der Waals surface area contributed by atoms with Gasteiger partial charge in [0.15, 0.2) is 0 Å². The molecule has 4 aliphatic carbocycles. The van der Waals surface area contributed by atoms with Gasteiger partial charge in [-0.25, -0.2) is 0 Å². The second kappa shape index (κ2) is 4.19. The van der Waals surface area contributed by atoms with Crippen LogP contribution in [0.15, 0.2) is 11.6 Å². The van der Waals surface area contributed by atoms with Crippen molar-refractivity contribution in [2.24, 2.45) is 28.6 Å². The number of ether oxygens (including phenoxy) is 1. The fraction of sp³-hybridized carbons (Fsp3) is 0.900. The first kappa shape index (κ1) is 14.0. The van der Waals surface area contributed by atoms with E-state index in [-0.39, 0.29) is 11.7 Å². The van der Waals surface area contributed by atoms with Crippen LogP contribution in [0.25, 0.3) is 0 Å². The lowest BCUT2D eigenvalue weighted by Crippen LogP contribution is -2.51. The van der Waals surface area contributed by atoms with E-state index in [0.717, 1.165) is 37.2 Å². The molecule has 122 valence electrons. The second-order valence-corrected chi connectivity index (χ2v) is 9.43. The predicted octanol–water partition coefficient (Wildman–Crippen LogP) is 4.08. The average Bonchev–Trinajstić information content (AvgIpc) is 3.22. The van der Waals surface area contributed by atoms with Crippen LogP contribution in [0, 0.1) is 28.6 Å². The van der Waals surface area contributed by atoms with Crippen LogP contribution in [0.3, 0.4) is 0 Å². The Bertz CT molecular complexity index is 534. The van der Waals surface area contributed by atoms with Gasteiger partial charge in [-0.3, -0.25) is 0 Å². The molecular formula is C20H30O2. The van der Waals surface area contributed by atoms with E-state index in [1.54, 1.807) is 5.57 Å². The van der Waals surface area contributed by atoms with Crippen molar-refractivity contribution in [1.29, 1.82) is 0 Å². The lowest BCUT2D eigenvalue weighted by molar-refractivity contribution is -0.0556. The van der Waals surface area contributed by atoms with Crippen molar-refractivity contribution in [3.63, 3.8) is 0 Å². The van der Waals surface area contributed by atoms with Crippen LogP contribution < -0.4 is 0 Å². The lowest BCUT2D eigenvalue weighted by atomic mass is 9.47. The van der Waals surface area contributed by atoms with Crippen molar-refractivity contribution in [3.8, 4) is 0 Å². The van der Waals surface area contributed by atoms with Crippen molar-refractivity contribution in [1.82, 2.24) is 0 Å². The number of fused-ring (bicyclic) bond motifs is 6. The second-order valence-electron chi connectivity index (χ2n) is 9.43. The monoisotopic (exact) mass is 302 g/mol. The van der Waals surface area contributed by atoms with Gasteiger partial charge in [-0.05, 0) is 74.5 Å². The summed E-state index contributed by atoms with van der Waals surface area (Å²) in [7, 11) is 0. The Kier molecular flexibility index (Phi) is 2.67. The number of epoxide rings is 1. The first-order valence-corrected chi connectivity index (χ1v) is 9.50. The SMILES string of the molecule is C[C@]12CC[C@H](O)CC1=CCC1C2CC[C@@]2(C)C1CC[C@]21CO1. The number of hydrogen-bond acceptors (Lipinski definition) is 2. The number of aliphatic hydroxyl groups is 1. The Balaban J connectivity index is 1.51. The minimum Gasteiger partial charge on any atom is -0.393 e. The smallest absolute Gasteiger partial charge is 0.0972 e. The summed E-state index contributed by atoms with van der Waals surface area (Å²) < 4.78 is 6.01. The molecule has 1 aliphatic heterocycles. The molecule has 7 atom stereocenters. The van der Waals surface area contributed by atoms with E-state index >= 15 is 0 Å². The summed E-state index contributed by atoms with van der Waals surface area (Å²) in [5, 5.41) is 10.1. The van der Waals surface area contributed by atoms with E-state index in [0.29, 0.717) is 10.8 Å². The summed E-state index contributed by atoms with van der Waals surface area (Å²) in [6.07, 6.45) is 12.3. The maximum Gasteiger partial charge on any atom is 0.0972 e. The molecule has 0 aromatic rings. The Morgan fingerprint density at radius 2 is 1.86 bits per heavy atom. The fourth-order valence-corrected chi connectivity index (χ4v) is 7.30. The summed E-state index contributed by atoms with van der Waals surface area (Å²) >= 11 is 0. The molecule has 1 heterocycles. The number of allylic oxidation sites excluding steroid dienone is 1. The lowest BCUT2D eigenvalue weighted by Gasteiger charge is -2.57. The Hall–Kier alpha value is -0.340. The molecule has 0 aromatic carbocycles. The maximum atomic E-state index is 10.1. The fourth-order valence-electron chi connectivity index (χ4n) is 7.30. The zero-order valence-corrected chi connectivity index (χ0v) is 14.1. The van der Waals surface area contributed by atoms with Gasteiger partial charge < -0.3 is 9.84 Å². The summed E-state index contributed by atoms with van der Waals surface area (Å²) in [4.78, 5) is 0. The van der Waals surface area contributed by atoms with E-state index in [2.05, 4.69) is 19.9 Å². The molecule has 22 heavy (non-hydrogen) atoms. The van der Waals surface area contributed by atoms with Crippen LogP contribution in [0.5, 0.6) is 0 Å². The highest BCUT2D eigenvalue weighted by atomic mass is 16.6. The van der Waals surface area contributed by atoms with Gasteiger partial charge in [-0.15, -0.1) is 0 Å². The van der Waals surface area contributed by atoms with Gasteiger partial charge in [0.25, 0.3) is 0 Å². The number of rotatable bonds is 0. The van der Waals surface area contributed by atoms with Gasteiger partial charge in [-0.2, -0.15) is 0 Å². The summed E-state index contributed by atoms with van der Waals surface area (Å²) in [6, 6.07) is 0. The summed E-state index contributed by atoms with van der Waals surface area (Å²) in [5.74, 6) is 2.59. The molecule has 0 radical (unpaired) electrons. The predicted molar refractivity (Wildman–Crippen MR) is 86.4 cm³/mol. The third kappa shape index (κ3) is 1.54. The largest absolute Gasteiger partial charge is 0.393 e. The molecule has 2 nitrogen and oxygen atoms in total.